The Kier molecular flexibility index (Phi) is 6.44. The highest BCUT2D eigenvalue weighted by Crippen LogP contribution is 2.33. The molecule has 0 spiro atoms. The van der Waals surface area contributed by atoms with Crippen LogP contribution in [0.1, 0.15) is 24.0 Å². The third kappa shape index (κ3) is 4.37. The molecule has 0 aromatic heterocycles. The van der Waals surface area contributed by atoms with E-state index in [1.54, 1.807) is 6.92 Å². The molecule has 1 fully saturated rings. The minimum Gasteiger partial charge on any atom is -0.368 e. The third-order valence-corrected chi connectivity index (χ3v) is 4.03. The first kappa shape index (κ1) is 19.7. The number of nitrogens with one attached hydrogen (secondary N) is 2. The summed E-state index contributed by atoms with van der Waals surface area (Å²) in [6.07, 6.45) is -3.48. The number of carbonyl (C=O) groups excluding carboxylic acids is 1. The number of anilines is 1. The summed E-state index contributed by atoms with van der Waals surface area (Å²) in [5, 5.41) is 5.72. The standard InChI is InChI=1S/C15H19F3N2O2.ClH/c1-10-3-4-11(15(16,17)18)9-12(10)20-13(21)14(22-2)5-7-19-8-6-14;/h3-4,9,19H,5-8H2,1-2H3,(H,20,21);1H. The van der Waals surface area contributed by atoms with Gasteiger partial charge >= 0.3 is 6.18 Å². The molecule has 1 aliphatic rings. The summed E-state index contributed by atoms with van der Waals surface area (Å²) in [5.74, 6) is -0.404. The van der Waals surface area contributed by atoms with Crippen molar-refractivity contribution in [3.63, 3.8) is 0 Å². The number of hydrogen-bond acceptors (Lipinski definition) is 3. The zero-order chi connectivity index (χ0) is 16.4. The molecule has 1 aromatic carbocycles. The number of amides is 1. The Balaban J connectivity index is 0.00000264. The summed E-state index contributed by atoms with van der Waals surface area (Å²) >= 11 is 0. The molecule has 8 heteroatoms. The summed E-state index contributed by atoms with van der Waals surface area (Å²) in [4.78, 5) is 12.5. The number of ether oxygens (including phenoxy) is 1. The van der Waals surface area contributed by atoms with Crippen molar-refractivity contribution in [3.05, 3.63) is 29.3 Å². The summed E-state index contributed by atoms with van der Waals surface area (Å²) in [6, 6.07) is 3.31. The lowest BCUT2D eigenvalue weighted by Crippen LogP contribution is -2.51. The minimum atomic E-state index is -4.44. The SMILES string of the molecule is COC1(C(=O)Nc2cc(C(F)(F)F)ccc2C)CCNCC1.Cl. The maximum absolute atomic E-state index is 12.8. The van der Waals surface area contributed by atoms with E-state index in [-0.39, 0.29) is 18.1 Å². The Bertz CT molecular complexity index is 558. The number of piperidine rings is 1. The molecular formula is C15H20ClF3N2O2. The van der Waals surface area contributed by atoms with Crippen LogP contribution in [0.25, 0.3) is 0 Å². The van der Waals surface area contributed by atoms with Crippen LogP contribution in [0.5, 0.6) is 0 Å². The van der Waals surface area contributed by atoms with Crippen LogP contribution in [-0.2, 0) is 15.7 Å². The summed E-state index contributed by atoms with van der Waals surface area (Å²) in [5.41, 5.74) is -1.05. The first-order valence-electron chi connectivity index (χ1n) is 7.04. The number of benzene rings is 1. The van der Waals surface area contributed by atoms with Crippen LogP contribution >= 0.6 is 12.4 Å². The van der Waals surface area contributed by atoms with Gasteiger partial charge in [0.05, 0.1) is 5.56 Å². The second-order valence-corrected chi connectivity index (χ2v) is 5.43. The van der Waals surface area contributed by atoms with E-state index in [9.17, 15) is 18.0 Å². The fourth-order valence-electron chi connectivity index (χ4n) is 2.52. The van der Waals surface area contributed by atoms with Crippen molar-refractivity contribution >= 4 is 24.0 Å². The fourth-order valence-corrected chi connectivity index (χ4v) is 2.52. The second-order valence-electron chi connectivity index (χ2n) is 5.43. The van der Waals surface area contributed by atoms with E-state index in [1.807, 2.05) is 0 Å². The fraction of sp³-hybridized carbons (Fsp3) is 0.533. The molecule has 4 nitrogen and oxygen atoms in total. The Morgan fingerprint density at radius 2 is 1.91 bits per heavy atom. The maximum Gasteiger partial charge on any atom is 0.416 e. The Labute approximate surface area is 139 Å². The molecule has 0 bridgehead atoms. The minimum absolute atomic E-state index is 0. The van der Waals surface area contributed by atoms with Gasteiger partial charge in [-0.05, 0) is 50.6 Å². The third-order valence-electron chi connectivity index (χ3n) is 4.03. The van der Waals surface area contributed by atoms with E-state index in [0.717, 1.165) is 12.1 Å². The van der Waals surface area contributed by atoms with Gasteiger partial charge in [0.2, 0.25) is 0 Å². The highest BCUT2D eigenvalue weighted by atomic mass is 35.5. The highest BCUT2D eigenvalue weighted by molar-refractivity contribution is 5.98. The van der Waals surface area contributed by atoms with Gasteiger partial charge in [-0.3, -0.25) is 4.79 Å². The maximum atomic E-state index is 12.8. The number of alkyl halides is 3. The van der Waals surface area contributed by atoms with Crippen molar-refractivity contribution in [1.82, 2.24) is 5.32 Å². The largest absolute Gasteiger partial charge is 0.416 e. The molecule has 1 heterocycles. The zero-order valence-corrected chi connectivity index (χ0v) is 13.7. The topological polar surface area (TPSA) is 50.4 Å². The molecule has 130 valence electrons. The van der Waals surface area contributed by atoms with E-state index in [2.05, 4.69) is 10.6 Å². The van der Waals surface area contributed by atoms with Gasteiger partial charge in [0.1, 0.15) is 5.60 Å². The average Bonchev–Trinajstić information content (AvgIpc) is 2.49. The Hall–Kier alpha value is -1.31. The first-order valence-corrected chi connectivity index (χ1v) is 7.04. The lowest BCUT2D eigenvalue weighted by atomic mass is 9.91. The van der Waals surface area contributed by atoms with Crippen molar-refractivity contribution in [1.29, 1.82) is 0 Å². The number of methoxy groups -OCH3 is 1. The molecule has 23 heavy (non-hydrogen) atoms. The van der Waals surface area contributed by atoms with Crippen LogP contribution in [0.15, 0.2) is 18.2 Å². The van der Waals surface area contributed by atoms with Crippen LogP contribution in [-0.4, -0.2) is 31.7 Å². The molecule has 2 N–H and O–H groups in total. The molecule has 1 amide bonds. The molecule has 1 aliphatic heterocycles. The Morgan fingerprint density at radius 3 is 2.43 bits per heavy atom. The van der Waals surface area contributed by atoms with E-state index in [0.29, 0.717) is 31.5 Å². The van der Waals surface area contributed by atoms with Gasteiger partial charge in [-0.15, -0.1) is 12.4 Å². The molecule has 0 radical (unpaired) electrons. The van der Waals surface area contributed by atoms with Crippen LogP contribution in [0.4, 0.5) is 18.9 Å². The average molecular weight is 353 g/mol. The number of rotatable bonds is 3. The molecular weight excluding hydrogens is 333 g/mol. The van der Waals surface area contributed by atoms with Gasteiger partial charge in [0.15, 0.2) is 0 Å². The Morgan fingerprint density at radius 1 is 1.30 bits per heavy atom. The van der Waals surface area contributed by atoms with Crippen LogP contribution in [0.3, 0.4) is 0 Å². The smallest absolute Gasteiger partial charge is 0.368 e. The van der Waals surface area contributed by atoms with E-state index < -0.39 is 23.2 Å². The van der Waals surface area contributed by atoms with Gasteiger partial charge in [0.25, 0.3) is 5.91 Å². The van der Waals surface area contributed by atoms with Gasteiger partial charge in [-0.1, -0.05) is 6.07 Å². The van der Waals surface area contributed by atoms with E-state index >= 15 is 0 Å². The normalized spacial score (nSPS) is 17.3. The quantitative estimate of drug-likeness (QED) is 0.878. The van der Waals surface area contributed by atoms with Crippen LogP contribution in [0, 0.1) is 6.92 Å². The summed E-state index contributed by atoms with van der Waals surface area (Å²) < 4.78 is 43.7. The molecule has 0 aliphatic carbocycles. The van der Waals surface area contributed by atoms with Crippen molar-refractivity contribution in [2.24, 2.45) is 0 Å². The molecule has 0 saturated carbocycles. The summed E-state index contributed by atoms with van der Waals surface area (Å²) in [6.45, 7) is 2.91. The lowest BCUT2D eigenvalue weighted by molar-refractivity contribution is -0.141. The molecule has 2 rings (SSSR count). The number of hydrogen-bond donors (Lipinski definition) is 2. The monoisotopic (exact) mass is 352 g/mol. The van der Waals surface area contributed by atoms with Gasteiger partial charge < -0.3 is 15.4 Å². The highest BCUT2D eigenvalue weighted by Gasteiger charge is 2.40. The van der Waals surface area contributed by atoms with Gasteiger partial charge in [-0.2, -0.15) is 13.2 Å². The molecule has 1 aromatic rings. The van der Waals surface area contributed by atoms with E-state index in [4.69, 9.17) is 4.74 Å². The van der Waals surface area contributed by atoms with Crippen LogP contribution in [0.2, 0.25) is 0 Å². The van der Waals surface area contributed by atoms with Gasteiger partial charge in [0, 0.05) is 12.8 Å². The predicted molar refractivity (Wildman–Crippen MR) is 83.9 cm³/mol. The van der Waals surface area contributed by atoms with Crippen molar-refractivity contribution < 1.29 is 22.7 Å². The van der Waals surface area contributed by atoms with Crippen molar-refractivity contribution in [3.8, 4) is 0 Å². The number of carbonyl (C=O) groups is 1. The number of halogens is 4. The zero-order valence-electron chi connectivity index (χ0n) is 12.9. The summed E-state index contributed by atoms with van der Waals surface area (Å²) in [7, 11) is 1.45. The second kappa shape index (κ2) is 7.51. The van der Waals surface area contributed by atoms with Crippen molar-refractivity contribution in [2.45, 2.75) is 31.5 Å². The molecule has 1 saturated heterocycles. The first-order chi connectivity index (χ1) is 10.3. The van der Waals surface area contributed by atoms with E-state index in [1.165, 1.54) is 13.2 Å². The van der Waals surface area contributed by atoms with Crippen LogP contribution < -0.4 is 10.6 Å². The predicted octanol–water partition coefficient (Wildman–Crippen LogP) is 3.14. The lowest BCUT2D eigenvalue weighted by Gasteiger charge is -2.35. The van der Waals surface area contributed by atoms with Gasteiger partial charge in [-0.25, -0.2) is 0 Å². The van der Waals surface area contributed by atoms with Crippen molar-refractivity contribution in [2.75, 3.05) is 25.5 Å². The number of aryl methyl sites for hydroxylation is 1. The molecule has 0 atom stereocenters. The molecule has 0 unspecified atom stereocenters.